The quantitative estimate of drug-likeness (QED) is 0.617. The van der Waals surface area contributed by atoms with Crippen molar-refractivity contribution in [1.82, 2.24) is 0 Å². The molecule has 1 aliphatic rings. The van der Waals surface area contributed by atoms with Gasteiger partial charge in [-0.3, -0.25) is 0 Å². The lowest BCUT2D eigenvalue weighted by Gasteiger charge is -2.09. The Morgan fingerprint density at radius 3 is 2.76 bits per heavy atom. The van der Waals surface area contributed by atoms with Gasteiger partial charge in [-0.15, -0.1) is 0 Å². The summed E-state index contributed by atoms with van der Waals surface area (Å²) < 4.78 is 5.20. The molecule has 4 heteroatoms. The Bertz CT molecular complexity index is 439. The highest BCUT2D eigenvalue weighted by molar-refractivity contribution is 5.98. The van der Waals surface area contributed by atoms with Crippen molar-refractivity contribution in [1.29, 1.82) is 0 Å². The molecule has 1 aromatic carbocycles. The molecule has 92 valence electrons. The number of carbonyl (C=O) groups is 1. The largest absolute Gasteiger partial charge is 0.462 e. The van der Waals surface area contributed by atoms with E-state index in [-0.39, 0.29) is 5.97 Å². The summed E-state index contributed by atoms with van der Waals surface area (Å²) in [6, 6.07) is 3.46. The summed E-state index contributed by atoms with van der Waals surface area (Å²) in [6.07, 6.45) is 3.47. The molecule has 0 aromatic heterocycles. The summed E-state index contributed by atoms with van der Waals surface area (Å²) in [4.78, 5) is 11.8. The molecule has 17 heavy (non-hydrogen) atoms. The molecule has 0 aliphatic heterocycles. The summed E-state index contributed by atoms with van der Waals surface area (Å²) in [5.41, 5.74) is 13.5. The number of aryl methyl sites for hydroxylation is 1. The van der Waals surface area contributed by atoms with Crippen LogP contribution < -0.4 is 11.5 Å². The highest BCUT2D eigenvalue weighted by Gasteiger charge is 2.22. The highest BCUT2D eigenvalue weighted by Crippen LogP contribution is 2.32. The van der Waals surface area contributed by atoms with Crippen molar-refractivity contribution in [2.75, 3.05) is 18.1 Å². The predicted octanol–water partition coefficient (Wildman–Crippen LogP) is 2.12. The van der Waals surface area contributed by atoms with Crippen molar-refractivity contribution < 1.29 is 9.53 Å². The van der Waals surface area contributed by atoms with Gasteiger partial charge in [-0.2, -0.15) is 0 Å². The van der Waals surface area contributed by atoms with Gasteiger partial charge < -0.3 is 16.2 Å². The Morgan fingerprint density at radius 2 is 2.12 bits per heavy atom. The monoisotopic (exact) mass is 234 g/mol. The van der Waals surface area contributed by atoms with Crippen molar-refractivity contribution in [3.05, 3.63) is 23.3 Å². The van der Waals surface area contributed by atoms with Gasteiger partial charge in [0.1, 0.15) is 0 Å². The van der Waals surface area contributed by atoms with E-state index in [0.717, 1.165) is 17.9 Å². The molecule has 1 saturated carbocycles. The molecule has 0 radical (unpaired) electrons. The van der Waals surface area contributed by atoms with Gasteiger partial charge in [0.2, 0.25) is 0 Å². The first kappa shape index (κ1) is 11.8. The van der Waals surface area contributed by atoms with Gasteiger partial charge in [-0.05, 0) is 37.0 Å². The lowest BCUT2D eigenvalue weighted by atomic mass is 10.1. The number of hydrogen-bond donors (Lipinski definition) is 2. The van der Waals surface area contributed by atoms with E-state index in [9.17, 15) is 4.79 Å². The van der Waals surface area contributed by atoms with E-state index >= 15 is 0 Å². The Kier molecular flexibility index (Phi) is 3.22. The Morgan fingerprint density at radius 1 is 1.41 bits per heavy atom. The third-order valence-corrected chi connectivity index (χ3v) is 3.03. The summed E-state index contributed by atoms with van der Waals surface area (Å²) in [5.74, 6) is 0.376. The number of benzene rings is 1. The van der Waals surface area contributed by atoms with Crippen molar-refractivity contribution in [2.24, 2.45) is 5.92 Å². The number of nitrogen functional groups attached to an aromatic ring is 2. The van der Waals surface area contributed by atoms with Gasteiger partial charge in [0.15, 0.2) is 0 Å². The average molecular weight is 234 g/mol. The number of hydrogen-bond acceptors (Lipinski definition) is 4. The van der Waals surface area contributed by atoms with Crippen LogP contribution in [0.3, 0.4) is 0 Å². The van der Waals surface area contributed by atoms with Gasteiger partial charge in [0.05, 0.1) is 23.5 Å². The zero-order chi connectivity index (χ0) is 12.4. The zero-order valence-electron chi connectivity index (χ0n) is 10.0. The van der Waals surface area contributed by atoms with Gasteiger partial charge in [-0.1, -0.05) is 12.8 Å². The second-order valence-electron chi connectivity index (χ2n) is 4.68. The first-order valence-corrected chi connectivity index (χ1v) is 5.90. The first-order chi connectivity index (χ1) is 8.08. The standard InChI is InChI=1S/C13H18N2O2/c1-8-6-10(12(15)11(14)7-8)13(16)17-5-4-9-2-3-9/h6-7,9H,2-5,14-15H2,1H3. The van der Waals surface area contributed by atoms with Crippen molar-refractivity contribution in [3.63, 3.8) is 0 Å². The minimum absolute atomic E-state index is 0.312. The second kappa shape index (κ2) is 4.65. The molecule has 4 N–H and O–H groups in total. The number of rotatable bonds is 4. The molecule has 0 spiro atoms. The maximum atomic E-state index is 11.8. The third-order valence-electron chi connectivity index (χ3n) is 3.03. The minimum Gasteiger partial charge on any atom is -0.462 e. The molecule has 1 aliphatic carbocycles. The predicted molar refractivity (Wildman–Crippen MR) is 67.6 cm³/mol. The van der Waals surface area contributed by atoms with Crippen LogP contribution in [0.5, 0.6) is 0 Å². The fourth-order valence-corrected chi connectivity index (χ4v) is 1.80. The molecule has 2 rings (SSSR count). The SMILES string of the molecule is Cc1cc(N)c(N)c(C(=O)OCCC2CC2)c1. The van der Waals surface area contributed by atoms with Gasteiger partial charge >= 0.3 is 5.97 Å². The molecule has 0 unspecified atom stereocenters. The molecule has 0 atom stereocenters. The van der Waals surface area contributed by atoms with Gasteiger partial charge in [0, 0.05) is 0 Å². The number of ether oxygens (including phenoxy) is 1. The van der Waals surface area contributed by atoms with Crippen molar-refractivity contribution in [3.8, 4) is 0 Å². The topological polar surface area (TPSA) is 78.3 Å². The minimum atomic E-state index is -0.376. The molecule has 1 aromatic rings. The fourth-order valence-electron chi connectivity index (χ4n) is 1.80. The van der Waals surface area contributed by atoms with Gasteiger partial charge in [-0.25, -0.2) is 4.79 Å². The molecule has 0 amide bonds. The summed E-state index contributed by atoms with van der Waals surface area (Å²) in [7, 11) is 0. The Hall–Kier alpha value is -1.71. The second-order valence-corrected chi connectivity index (χ2v) is 4.68. The fraction of sp³-hybridized carbons (Fsp3) is 0.462. The van der Waals surface area contributed by atoms with E-state index in [0.29, 0.717) is 23.5 Å². The molecule has 0 heterocycles. The van der Waals surface area contributed by atoms with Crippen LogP contribution in [0.15, 0.2) is 12.1 Å². The first-order valence-electron chi connectivity index (χ1n) is 5.90. The van der Waals surface area contributed by atoms with Crippen LogP contribution in [0, 0.1) is 12.8 Å². The maximum absolute atomic E-state index is 11.8. The van der Waals surface area contributed by atoms with E-state index in [4.69, 9.17) is 16.2 Å². The summed E-state index contributed by atoms with van der Waals surface area (Å²) >= 11 is 0. The van der Waals surface area contributed by atoms with Crippen LogP contribution in [-0.4, -0.2) is 12.6 Å². The number of carbonyl (C=O) groups excluding carboxylic acids is 1. The molecule has 0 bridgehead atoms. The lowest BCUT2D eigenvalue weighted by Crippen LogP contribution is -2.11. The van der Waals surface area contributed by atoms with Crippen LogP contribution in [0.1, 0.15) is 35.2 Å². The van der Waals surface area contributed by atoms with Crippen LogP contribution >= 0.6 is 0 Å². The van der Waals surface area contributed by atoms with Gasteiger partial charge in [0.25, 0.3) is 0 Å². The smallest absolute Gasteiger partial charge is 0.340 e. The summed E-state index contributed by atoms with van der Waals surface area (Å²) in [6.45, 7) is 2.34. The maximum Gasteiger partial charge on any atom is 0.340 e. The third kappa shape index (κ3) is 2.90. The number of nitrogens with two attached hydrogens (primary N) is 2. The van der Waals surface area contributed by atoms with Crippen molar-refractivity contribution in [2.45, 2.75) is 26.2 Å². The van der Waals surface area contributed by atoms with E-state index in [1.165, 1.54) is 12.8 Å². The number of esters is 1. The van der Waals surface area contributed by atoms with Crippen LogP contribution in [0.4, 0.5) is 11.4 Å². The Labute approximate surface area is 101 Å². The molecular formula is C13H18N2O2. The van der Waals surface area contributed by atoms with E-state index < -0.39 is 0 Å². The van der Waals surface area contributed by atoms with Crippen LogP contribution in [0.2, 0.25) is 0 Å². The Balaban J connectivity index is 2.01. The van der Waals surface area contributed by atoms with Crippen molar-refractivity contribution >= 4 is 17.3 Å². The van der Waals surface area contributed by atoms with Crippen LogP contribution in [0.25, 0.3) is 0 Å². The number of anilines is 2. The van der Waals surface area contributed by atoms with E-state index in [2.05, 4.69) is 0 Å². The zero-order valence-corrected chi connectivity index (χ0v) is 10.0. The normalized spacial score (nSPS) is 14.6. The lowest BCUT2D eigenvalue weighted by molar-refractivity contribution is 0.0496. The molecule has 1 fully saturated rings. The summed E-state index contributed by atoms with van der Waals surface area (Å²) in [5, 5.41) is 0. The molecular weight excluding hydrogens is 216 g/mol. The highest BCUT2D eigenvalue weighted by atomic mass is 16.5. The van der Waals surface area contributed by atoms with Crippen LogP contribution in [-0.2, 0) is 4.74 Å². The average Bonchev–Trinajstić information content (AvgIpc) is 3.07. The molecule has 0 saturated heterocycles. The van der Waals surface area contributed by atoms with E-state index in [1.807, 2.05) is 6.92 Å². The van der Waals surface area contributed by atoms with E-state index in [1.54, 1.807) is 12.1 Å². The molecule has 4 nitrogen and oxygen atoms in total.